The molecule has 0 saturated carbocycles. The highest BCUT2D eigenvalue weighted by molar-refractivity contribution is 5.84. The van der Waals surface area contributed by atoms with Gasteiger partial charge in [0.15, 0.2) is 5.43 Å². The van der Waals surface area contributed by atoms with Crippen molar-refractivity contribution in [1.82, 2.24) is 0 Å². The highest BCUT2D eigenvalue weighted by atomic mass is 16.5. The predicted molar refractivity (Wildman–Crippen MR) is 64.6 cm³/mol. The van der Waals surface area contributed by atoms with E-state index in [0.717, 1.165) is 0 Å². The van der Waals surface area contributed by atoms with Gasteiger partial charge >= 0.3 is 0 Å². The Morgan fingerprint density at radius 2 is 2.24 bits per heavy atom. The quantitative estimate of drug-likeness (QED) is 0.825. The van der Waals surface area contributed by atoms with Gasteiger partial charge in [-0.1, -0.05) is 12.7 Å². The zero-order chi connectivity index (χ0) is 12.4. The van der Waals surface area contributed by atoms with Crippen LogP contribution in [0.2, 0.25) is 0 Å². The fourth-order valence-corrected chi connectivity index (χ4v) is 1.60. The first-order chi connectivity index (χ1) is 8.11. The summed E-state index contributed by atoms with van der Waals surface area (Å²) in [5.41, 5.74) is 0.0468. The number of hydrogen-bond donors (Lipinski definition) is 1. The summed E-state index contributed by atoms with van der Waals surface area (Å²) in [6.45, 7) is 5.52. The van der Waals surface area contributed by atoms with Crippen LogP contribution in [0.4, 0.5) is 0 Å². The van der Waals surface area contributed by atoms with Crippen LogP contribution in [0.15, 0.2) is 40.1 Å². The molecule has 0 amide bonds. The maximum absolute atomic E-state index is 11.7. The summed E-state index contributed by atoms with van der Waals surface area (Å²) in [7, 11) is 0. The van der Waals surface area contributed by atoms with Crippen molar-refractivity contribution in [2.24, 2.45) is 0 Å². The lowest BCUT2D eigenvalue weighted by Crippen LogP contribution is -2.01. The molecule has 2 aromatic rings. The molecular weight excluding hydrogens is 220 g/mol. The van der Waals surface area contributed by atoms with Gasteiger partial charge in [-0.05, 0) is 6.92 Å². The minimum atomic E-state index is -0.267. The van der Waals surface area contributed by atoms with Crippen LogP contribution in [0.3, 0.4) is 0 Å². The Kier molecular flexibility index (Phi) is 2.87. The average molecular weight is 232 g/mol. The van der Waals surface area contributed by atoms with E-state index in [4.69, 9.17) is 9.15 Å². The maximum Gasteiger partial charge on any atom is 0.196 e. The van der Waals surface area contributed by atoms with Crippen molar-refractivity contribution < 1.29 is 14.3 Å². The zero-order valence-electron chi connectivity index (χ0n) is 9.40. The second kappa shape index (κ2) is 4.33. The third kappa shape index (κ3) is 2.15. The van der Waals surface area contributed by atoms with Gasteiger partial charge in [0.1, 0.15) is 34.8 Å². The Labute approximate surface area is 97.8 Å². The van der Waals surface area contributed by atoms with Crippen LogP contribution >= 0.6 is 0 Å². The van der Waals surface area contributed by atoms with Crippen molar-refractivity contribution in [3.63, 3.8) is 0 Å². The van der Waals surface area contributed by atoms with Crippen molar-refractivity contribution in [1.29, 1.82) is 0 Å². The monoisotopic (exact) mass is 232 g/mol. The van der Waals surface area contributed by atoms with Crippen LogP contribution in [0.1, 0.15) is 5.76 Å². The number of aromatic hydroxyl groups is 1. The number of phenolic OH excluding ortho intramolecular Hbond substituents is 1. The van der Waals surface area contributed by atoms with E-state index in [2.05, 4.69) is 6.58 Å². The van der Waals surface area contributed by atoms with E-state index in [1.54, 1.807) is 19.1 Å². The Morgan fingerprint density at radius 3 is 2.94 bits per heavy atom. The van der Waals surface area contributed by atoms with Gasteiger partial charge in [0, 0.05) is 18.2 Å². The first-order valence-electron chi connectivity index (χ1n) is 5.13. The molecule has 0 atom stereocenters. The molecule has 17 heavy (non-hydrogen) atoms. The summed E-state index contributed by atoms with van der Waals surface area (Å²) in [6, 6.07) is 4.30. The molecule has 0 aliphatic rings. The number of ether oxygens (including phenoxy) is 1. The van der Waals surface area contributed by atoms with E-state index in [1.807, 2.05) is 0 Å². The molecule has 4 nitrogen and oxygen atoms in total. The van der Waals surface area contributed by atoms with Crippen molar-refractivity contribution >= 4 is 11.0 Å². The van der Waals surface area contributed by atoms with Crippen LogP contribution in [-0.4, -0.2) is 11.7 Å². The van der Waals surface area contributed by atoms with Crippen molar-refractivity contribution in [3.05, 3.63) is 46.8 Å². The summed E-state index contributed by atoms with van der Waals surface area (Å²) in [5.74, 6) is 0.779. The van der Waals surface area contributed by atoms with Gasteiger partial charge in [-0.3, -0.25) is 4.79 Å². The van der Waals surface area contributed by atoms with E-state index < -0.39 is 0 Å². The molecule has 0 radical (unpaired) electrons. The smallest absolute Gasteiger partial charge is 0.196 e. The number of aryl methyl sites for hydroxylation is 1. The highest BCUT2D eigenvalue weighted by Gasteiger charge is 2.10. The second-order valence-electron chi connectivity index (χ2n) is 3.64. The van der Waals surface area contributed by atoms with Crippen LogP contribution < -0.4 is 10.2 Å². The minimum Gasteiger partial charge on any atom is -0.507 e. The molecule has 1 aromatic heterocycles. The topological polar surface area (TPSA) is 59.7 Å². The molecule has 0 unspecified atom stereocenters. The Balaban J connectivity index is 2.64. The molecule has 0 fully saturated rings. The van der Waals surface area contributed by atoms with E-state index in [-0.39, 0.29) is 16.6 Å². The lowest BCUT2D eigenvalue weighted by atomic mass is 10.2. The number of hydrogen-bond acceptors (Lipinski definition) is 4. The summed E-state index contributed by atoms with van der Waals surface area (Å²) in [5, 5.41) is 9.93. The van der Waals surface area contributed by atoms with E-state index in [0.29, 0.717) is 23.7 Å². The number of phenols is 1. The maximum atomic E-state index is 11.7. The largest absolute Gasteiger partial charge is 0.507 e. The summed E-state index contributed by atoms with van der Waals surface area (Å²) >= 11 is 0. The van der Waals surface area contributed by atoms with Gasteiger partial charge in [-0.2, -0.15) is 0 Å². The highest BCUT2D eigenvalue weighted by Crippen LogP contribution is 2.28. The lowest BCUT2D eigenvalue weighted by molar-refractivity contribution is 0.360. The van der Waals surface area contributed by atoms with Crippen molar-refractivity contribution in [3.8, 4) is 11.5 Å². The first kappa shape index (κ1) is 11.3. The number of benzene rings is 1. The molecule has 88 valence electrons. The van der Waals surface area contributed by atoms with Crippen LogP contribution in [0, 0.1) is 6.92 Å². The van der Waals surface area contributed by atoms with Crippen LogP contribution in [0.25, 0.3) is 11.0 Å². The van der Waals surface area contributed by atoms with Gasteiger partial charge in [0.05, 0.1) is 0 Å². The van der Waals surface area contributed by atoms with Gasteiger partial charge in [-0.15, -0.1) is 0 Å². The molecule has 0 bridgehead atoms. The van der Waals surface area contributed by atoms with E-state index >= 15 is 0 Å². The Bertz CT molecular complexity index is 625. The molecular formula is C13H12O4. The average Bonchev–Trinajstić information content (AvgIpc) is 2.24. The minimum absolute atomic E-state index is 0.143. The molecule has 0 spiro atoms. The van der Waals surface area contributed by atoms with E-state index in [1.165, 1.54) is 12.1 Å². The summed E-state index contributed by atoms with van der Waals surface area (Å²) in [6.07, 6.45) is 1.59. The fraction of sp³-hybridized carbons (Fsp3) is 0.154. The van der Waals surface area contributed by atoms with Crippen LogP contribution in [-0.2, 0) is 0 Å². The molecule has 1 aromatic carbocycles. The van der Waals surface area contributed by atoms with Gasteiger partial charge < -0.3 is 14.3 Å². The molecule has 1 N–H and O–H groups in total. The SMILES string of the molecule is C=CCOc1cc(O)c2c(=O)cc(C)oc2c1. The van der Waals surface area contributed by atoms with Crippen LogP contribution in [0.5, 0.6) is 11.5 Å². The van der Waals surface area contributed by atoms with Gasteiger partial charge in [0.25, 0.3) is 0 Å². The Hall–Kier alpha value is -2.23. The normalized spacial score (nSPS) is 10.4. The summed E-state index contributed by atoms with van der Waals surface area (Å²) in [4.78, 5) is 11.7. The lowest BCUT2D eigenvalue weighted by Gasteiger charge is -2.06. The fourth-order valence-electron chi connectivity index (χ4n) is 1.60. The van der Waals surface area contributed by atoms with Gasteiger partial charge in [0.2, 0.25) is 0 Å². The third-order valence-electron chi connectivity index (χ3n) is 2.27. The predicted octanol–water partition coefficient (Wildman–Crippen LogP) is 2.37. The molecule has 4 heteroatoms. The van der Waals surface area contributed by atoms with Crippen molar-refractivity contribution in [2.45, 2.75) is 6.92 Å². The summed E-state index contributed by atoms with van der Waals surface area (Å²) < 4.78 is 10.7. The first-order valence-corrected chi connectivity index (χ1v) is 5.13. The molecule has 2 rings (SSSR count). The number of fused-ring (bicyclic) bond motifs is 1. The van der Waals surface area contributed by atoms with E-state index in [9.17, 15) is 9.90 Å². The van der Waals surface area contributed by atoms with Crippen molar-refractivity contribution in [2.75, 3.05) is 6.61 Å². The third-order valence-corrected chi connectivity index (χ3v) is 2.27. The second-order valence-corrected chi connectivity index (χ2v) is 3.64. The zero-order valence-corrected chi connectivity index (χ0v) is 9.40. The molecule has 1 heterocycles. The van der Waals surface area contributed by atoms with Gasteiger partial charge in [-0.25, -0.2) is 0 Å². The molecule has 0 saturated heterocycles. The Morgan fingerprint density at radius 1 is 1.47 bits per heavy atom. The number of rotatable bonds is 3. The molecule has 0 aliphatic carbocycles. The standard InChI is InChI=1S/C13H12O4/c1-3-4-16-9-6-11(15)13-10(14)5-8(2)17-12(13)7-9/h3,5-7,15H,1,4H2,2H3. The molecule has 0 aliphatic heterocycles.